The summed E-state index contributed by atoms with van der Waals surface area (Å²) in [4.78, 5) is 28.9. The monoisotopic (exact) mass is 745 g/mol. The molecule has 0 aliphatic carbocycles. The largest absolute Gasteiger partial charge is 0.507 e. The number of thioether (sulfide) groups is 1. The number of aliphatic hydroxyl groups excluding tert-OH is 1. The third kappa shape index (κ3) is 8.05. The van der Waals surface area contributed by atoms with E-state index in [9.17, 15) is 14.7 Å². The van der Waals surface area contributed by atoms with Crippen LogP contribution in [0.3, 0.4) is 0 Å². The lowest BCUT2D eigenvalue weighted by Crippen LogP contribution is -2.29. The highest BCUT2D eigenvalue weighted by Gasteiger charge is 2.48. The Balaban J connectivity index is 1.17. The number of aliphatic hydroxyl groups is 1. The standard InChI is InChI=1S/C41H32ClN3O5S2/c1-26-6-5-9-29(22-26)24-50-34-20-14-31(15-21-34)37(46)35-36(30-12-18-33(19-13-30)49-23-27-7-3-2-4-8-27)45(39(48)38(35)47)40-43-44-41(52-40)51-25-28-10-16-32(42)17-11-28/h2-22,36,46H,23-25H2,1H3. The number of carbonyl (C=O) groups excluding carboxylic acids is 2. The molecule has 6 aromatic rings. The highest BCUT2D eigenvalue weighted by molar-refractivity contribution is 8.00. The summed E-state index contributed by atoms with van der Waals surface area (Å²) in [6, 6.07) is 38.4. The molecule has 11 heteroatoms. The maximum Gasteiger partial charge on any atom is 0.301 e. The summed E-state index contributed by atoms with van der Waals surface area (Å²) in [5.74, 6) is -0.108. The van der Waals surface area contributed by atoms with Crippen LogP contribution in [-0.4, -0.2) is 27.0 Å². The van der Waals surface area contributed by atoms with Crippen molar-refractivity contribution in [2.45, 2.75) is 36.3 Å². The van der Waals surface area contributed by atoms with E-state index >= 15 is 0 Å². The molecule has 52 heavy (non-hydrogen) atoms. The Hall–Kier alpha value is -5.42. The van der Waals surface area contributed by atoms with Crippen molar-refractivity contribution in [1.29, 1.82) is 0 Å². The van der Waals surface area contributed by atoms with Crippen molar-refractivity contribution in [3.05, 3.63) is 171 Å². The van der Waals surface area contributed by atoms with Gasteiger partial charge < -0.3 is 14.6 Å². The molecule has 1 N–H and O–H groups in total. The van der Waals surface area contributed by atoms with Gasteiger partial charge in [0.1, 0.15) is 30.5 Å². The van der Waals surface area contributed by atoms with Crippen LogP contribution < -0.4 is 14.4 Å². The van der Waals surface area contributed by atoms with Crippen LogP contribution in [0.2, 0.25) is 5.02 Å². The van der Waals surface area contributed by atoms with E-state index in [0.29, 0.717) is 51.0 Å². The van der Waals surface area contributed by atoms with Gasteiger partial charge in [0.25, 0.3) is 5.78 Å². The first kappa shape index (κ1) is 35.0. The molecule has 0 radical (unpaired) electrons. The quantitative estimate of drug-likeness (QED) is 0.0435. The van der Waals surface area contributed by atoms with Crippen molar-refractivity contribution in [2.24, 2.45) is 0 Å². The Morgan fingerprint density at radius 1 is 0.788 bits per heavy atom. The second-order valence-corrected chi connectivity index (χ2v) is 14.7. The molecule has 7 rings (SSSR count). The molecular weight excluding hydrogens is 714 g/mol. The molecule has 1 aromatic heterocycles. The first-order valence-electron chi connectivity index (χ1n) is 16.4. The van der Waals surface area contributed by atoms with Crippen LogP contribution >= 0.6 is 34.7 Å². The number of amides is 1. The highest BCUT2D eigenvalue weighted by Crippen LogP contribution is 2.44. The second kappa shape index (κ2) is 15.9. The fourth-order valence-electron chi connectivity index (χ4n) is 5.75. The van der Waals surface area contributed by atoms with E-state index in [-0.39, 0.29) is 16.5 Å². The number of ketones is 1. The maximum atomic E-state index is 13.8. The summed E-state index contributed by atoms with van der Waals surface area (Å²) in [5.41, 5.74) is 5.15. The van der Waals surface area contributed by atoms with Gasteiger partial charge in [-0.3, -0.25) is 14.5 Å². The van der Waals surface area contributed by atoms with Crippen LogP contribution in [0.25, 0.3) is 5.76 Å². The molecule has 1 atom stereocenters. The minimum absolute atomic E-state index is 0.0537. The minimum atomic E-state index is -0.970. The topological polar surface area (TPSA) is 102 Å². The van der Waals surface area contributed by atoms with Crippen LogP contribution in [0, 0.1) is 6.92 Å². The smallest absolute Gasteiger partial charge is 0.301 e. The van der Waals surface area contributed by atoms with E-state index in [1.54, 1.807) is 48.5 Å². The van der Waals surface area contributed by atoms with E-state index in [0.717, 1.165) is 22.3 Å². The van der Waals surface area contributed by atoms with Gasteiger partial charge in [0.05, 0.1) is 11.6 Å². The Bertz CT molecular complexity index is 2220. The molecule has 1 aliphatic rings. The minimum Gasteiger partial charge on any atom is -0.507 e. The normalized spacial score (nSPS) is 15.2. The molecule has 0 saturated carbocycles. The average molecular weight is 746 g/mol. The number of aromatic nitrogens is 2. The summed E-state index contributed by atoms with van der Waals surface area (Å²) >= 11 is 8.70. The SMILES string of the molecule is Cc1cccc(COc2ccc(C(O)=C3C(=O)C(=O)N(c4nnc(SCc5ccc(Cl)cc5)s4)C3c3ccc(OCc4ccccc4)cc3)cc2)c1. The predicted octanol–water partition coefficient (Wildman–Crippen LogP) is 9.58. The van der Waals surface area contributed by atoms with Crippen LogP contribution in [0.4, 0.5) is 5.13 Å². The molecule has 1 fully saturated rings. The zero-order chi connectivity index (χ0) is 36.0. The maximum absolute atomic E-state index is 13.8. The van der Waals surface area contributed by atoms with Gasteiger partial charge in [-0.1, -0.05) is 119 Å². The second-order valence-electron chi connectivity index (χ2n) is 12.1. The van der Waals surface area contributed by atoms with E-state index in [4.69, 9.17) is 21.1 Å². The third-order valence-corrected chi connectivity index (χ3v) is 10.8. The van der Waals surface area contributed by atoms with Crippen LogP contribution in [-0.2, 0) is 28.6 Å². The highest BCUT2D eigenvalue weighted by atomic mass is 35.5. The van der Waals surface area contributed by atoms with Crippen molar-refractivity contribution in [2.75, 3.05) is 4.90 Å². The molecule has 1 saturated heterocycles. The zero-order valence-corrected chi connectivity index (χ0v) is 30.3. The van der Waals surface area contributed by atoms with E-state index in [2.05, 4.69) is 16.3 Å². The number of hydrogen-bond acceptors (Lipinski definition) is 9. The van der Waals surface area contributed by atoms with E-state index in [1.165, 1.54) is 28.0 Å². The first-order chi connectivity index (χ1) is 25.3. The summed E-state index contributed by atoms with van der Waals surface area (Å²) in [5, 5.41) is 21.2. The molecular formula is C41H32ClN3O5S2. The number of ether oxygens (including phenoxy) is 2. The number of hydrogen-bond donors (Lipinski definition) is 1. The lowest BCUT2D eigenvalue weighted by Gasteiger charge is -2.22. The summed E-state index contributed by atoms with van der Waals surface area (Å²) < 4.78 is 12.6. The molecule has 0 spiro atoms. The Labute approximate surface area is 314 Å². The van der Waals surface area contributed by atoms with Gasteiger partial charge in [-0.05, 0) is 77.7 Å². The molecule has 1 amide bonds. The van der Waals surface area contributed by atoms with Crippen molar-refractivity contribution >= 4 is 57.3 Å². The molecule has 8 nitrogen and oxygen atoms in total. The molecule has 260 valence electrons. The molecule has 1 aliphatic heterocycles. The number of aryl methyl sites for hydroxylation is 1. The van der Waals surface area contributed by atoms with Gasteiger partial charge in [0, 0.05) is 16.3 Å². The summed E-state index contributed by atoms with van der Waals surface area (Å²) in [6.45, 7) is 2.79. The molecule has 2 heterocycles. The van der Waals surface area contributed by atoms with Crippen LogP contribution in [0.15, 0.2) is 137 Å². The Morgan fingerprint density at radius 3 is 2.13 bits per heavy atom. The predicted molar refractivity (Wildman–Crippen MR) is 205 cm³/mol. The number of nitrogens with zero attached hydrogens (tertiary/aromatic N) is 3. The number of rotatable bonds is 12. The third-order valence-electron chi connectivity index (χ3n) is 8.38. The van der Waals surface area contributed by atoms with Crippen molar-refractivity contribution in [3.8, 4) is 11.5 Å². The van der Waals surface area contributed by atoms with Gasteiger partial charge in [0.2, 0.25) is 5.13 Å². The fraction of sp³-hybridized carbons (Fsp3) is 0.122. The van der Waals surface area contributed by atoms with Crippen molar-refractivity contribution in [3.63, 3.8) is 0 Å². The fourth-order valence-corrected chi connectivity index (χ4v) is 7.70. The number of Topliss-reactive ketones (excluding diaryl/α,β-unsaturated/α-hetero) is 1. The lowest BCUT2D eigenvalue weighted by molar-refractivity contribution is -0.132. The Morgan fingerprint density at radius 2 is 1.44 bits per heavy atom. The van der Waals surface area contributed by atoms with E-state index in [1.807, 2.05) is 79.7 Å². The average Bonchev–Trinajstić information content (AvgIpc) is 3.74. The first-order valence-corrected chi connectivity index (χ1v) is 18.6. The van der Waals surface area contributed by atoms with Gasteiger partial charge in [-0.25, -0.2) is 0 Å². The van der Waals surface area contributed by atoms with Gasteiger partial charge in [-0.2, -0.15) is 0 Å². The summed E-state index contributed by atoms with van der Waals surface area (Å²) in [7, 11) is 0. The van der Waals surface area contributed by atoms with Crippen LogP contribution in [0.1, 0.15) is 39.4 Å². The number of benzene rings is 5. The van der Waals surface area contributed by atoms with E-state index < -0.39 is 17.7 Å². The van der Waals surface area contributed by atoms with Crippen LogP contribution in [0.5, 0.6) is 11.5 Å². The van der Waals surface area contributed by atoms with Crippen molar-refractivity contribution < 1.29 is 24.2 Å². The van der Waals surface area contributed by atoms with Crippen molar-refractivity contribution in [1.82, 2.24) is 10.2 Å². The molecule has 1 unspecified atom stereocenters. The zero-order valence-electron chi connectivity index (χ0n) is 27.9. The molecule has 5 aromatic carbocycles. The van der Waals surface area contributed by atoms with Gasteiger partial charge in [-0.15, -0.1) is 10.2 Å². The molecule has 0 bridgehead atoms. The van der Waals surface area contributed by atoms with Gasteiger partial charge in [0.15, 0.2) is 4.34 Å². The Kier molecular flexibility index (Phi) is 10.7. The summed E-state index contributed by atoms with van der Waals surface area (Å²) in [6.07, 6.45) is 0. The number of carbonyl (C=O) groups is 2. The number of halogens is 1. The number of anilines is 1. The lowest BCUT2D eigenvalue weighted by atomic mass is 9.95. The van der Waals surface area contributed by atoms with Gasteiger partial charge >= 0.3 is 5.91 Å².